The van der Waals surface area contributed by atoms with Gasteiger partial charge in [-0.25, -0.2) is 23.6 Å². The lowest BCUT2D eigenvalue weighted by atomic mass is 9.73. The molecule has 1 aromatic heterocycles. The van der Waals surface area contributed by atoms with Gasteiger partial charge in [-0.3, -0.25) is 10.0 Å². The number of hydrogen-bond acceptors (Lipinski definition) is 6. The molecule has 174 valence electrons. The van der Waals surface area contributed by atoms with Crippen LogP contribution in [0.15, 0.2) is 57.8 Å². The van der Waals surface area contributed by atoms with Crippen LogP contribution in [0.1, 0.15) is 38.0 Å². The maximum atomic E-state index is 13.1. The number of sulfonamides is 1. The Labute approximate surface area is 197 Å². The van der Waals surface area contributed by atoms with Gasteiger partial charge in [-0.05, 0) is 49.2 Å². The average molecular weight is 490 g/mol. The second-order valence-electron chi connectivity index (χ2n) is 8.24. The monoisotopic (exact) mass is 489 g/mol. The fraction of sp³-hybridized carbons (Fsp3) is 0.304. The molecule has 3 aromatic rings. The van der Waals surface area contributed by atoms with Crippen LogP contribution in [0.2, 0.25) is 5.02 Å². The Bertz CT molecular complexity index is 1260. The largest absolute Gasteiger partial charge is 0.439 e. The number of primary sulfonamides is 1. The number of benzene rings is 2. The molecule has 0 unspecified atom stereocenters. The fourth-order valence-corrected chi connectivity index (χ4v) is 4.95. The third-order valence-electron chi connectivity index (χ3n) is 6.01. The van der Waals surface area contributed by atoms with E-state index in [1.54, 1.807) is 36.4 Å². The van der Waals surface area contributed by atoms with Crippen molar-refractivity contribution in [1.29, 1.82) is 0 Å². The van der Waals surface area contributed by atoms with Gasteiger partial charge in [-0.15, -0.1) is 0 Å². The molecule has 1 saturated carbocycles. The standard InChI is InChI=1S/C23H24ClN3O5S/c1-27(29)22(28)23(13-3-2-4-14-23)21-26-19(15-7-11-18(12-8-15)33(25,30)31)20(32-21)16-5-9-17(24)10-6-16/h5-12,29H,2-4,13-14H2,1H3,(H2,25,30,31). The second kappa shape index (κ2) is 8.90. The van der Waals surface area contributed by atoms with E-state index >= 15 is 0 Å². The van der Waals surface area contributed by atoms with E-state index in [1.807, 2.05) is 0 Å². The Hall–Kier alpha value is -2.72. The summed E-state index contributed by atoms with van der Waals surface area (Å²) in [6.07, 6.45) is 3.59. The number of halogens is 1. The van der Waals surface area contributed by atoms with Crippen molar-refractivity contribution in [3.63, 3.8) is 0 Å². The van der Waals surface area contributed by atoms with E-state index in [0.717, 1.165) is 19.3 Å². The zero-order valence-electron chi connectivity index (χ0n) is 18.0. The summed E-state index contributed by atoms with van der Waals surface area (Å²) in [6, 6.07) is 13.0. The number of oxazole rings is 1. The van der Waals surface area contributed by atoms with E-state index in [-0.39, 0.29) is 10.8 Å². The van der Waals surface area contributed by atoms with Crippen LogP contribution < -0.4 is 5.14 Å². The first-order chi connectivity index (χ1) is 15.6. The summed E-state index contributed by atoms with van der Waals surface area (Å²) in [7, 11) is -2.55. The van der Waals surface area contributed by atoms with Crippen molar-refractivity contribution in [1.82, 2.24) is 10.0 Å². The molecule has 4 rings (SSSR count). The molecule has 1 aliphatic rings. The van der Waals surface area contributed by atoms with E-state index in [1.165, 1.54) is 19.2 Å². The Kier molecular flexibility index (Phi) is 6.32. The van der Waals surface area contributed by atoms with Gasteiger partial charge in [-0.1, -0.05) is 43.0 Å². The molecule has 0 radical (unpaired) electrons. The molecule has 0 saturated heterocycles. The number of likely N-dealkylation sites (N-methyl/N-ethyl adjacent to an activating group) is 1. The highest BCUT2D eigenvalue weighted by Crippen LogP contribution is 2.44. The van der Waals surface area contributed by atoms with Crippen LogP contribution in [0.5, 0.6) is 0 Å². The summed E-state index contributed by atoms with van der Waals surface area (Å²) in [4.78, 5) is 17.8. The minimum atomic E-state index is -3.85. The number of nitrogens with zero attached hydrogens (tertiary/aromatic N) is 2. The third kappa shape index (κ3) is 4.54. The van der Waals surface area contributed by atoms with Crippen molar-refractivity contribution in [3.05, 3.63) is 59.4 Å². The molecule has 1 fully saturated rings. The minimum absolute atomic E-state index is 0.0242. The molecule has 3 N–H and O–H groups in total. The lowest BCUT2D eigenvalue weighted by Crippen LogP contribution is -2.45. The predicted molar refractivity (Wildman–Crippen MR) is 123 cm³/mol. The lowest BCUT2D eigenvalue weighted by molar-refractivity contribution is -0.168. The molecule has 0 atom stereocenters. The molecular formula is C23H24ClN3O5S. The number of nitrogens with two attached hydrogens (primary N) is 1. The van der Waals surface area contributed by atoms with E-state index in [9.17, 15) is 18.4 Å². The van der Waals surface area contributed by atoms with Crippen molar-refractivity contribution in [2.75, 3.05) is 7.05 Å². The third-order valence-corrected chi connectivity index (χ3v) is 7.19. The molecule has 1 aliphatic carbocycles. The van der Waals surface area contributed by atoms with Crippen molar-refractivity contribution in [2.45, 2.75) is 42.4 Å². The Balaban J connectivity index is 1.90. The molecule has 33 heavy (non-hydrogen) atoms. The maximum Gasteiger partial charge on any atom is 0.261 e. The van der Waals surface area contributed by atoms with Crippen LogP contribution in [0.3, 0.4) is 0 Å². The number of aromatic nitrogens is 1. The topological polar surface area (TPSA) is 127 Å². The van der Waals surface area contributed by atoms with Crippen LogP contribution in [0, 0.1) is 0 Å². The molecule has 1 heterocycles. The minimum Gasteiger partial charge on any atom is -0.439 e. The van der Waals surface area contributed by atoms with Gasteiger partial charge in [0.15, 0.2) is 5.76 Å². The van der Waals surface area contributed by atoms with E-state index in [0.29, 0.717) is 45.5 Å². The lowest BCUT2D eigenvalue weighted by Gasteiger charge is -2.34. The van der Waals surface area contributed by atoms with E-state index in [4.69, 9.17) is 26.1 Å². The first-order valence-corrected chi connectivity index (χ1v) is 12.4. The van der Waals surface area contributed by atoms with Gasteiger partial charge in [0.2, 0.25) is 15.9 Å². The fourth-order valence-electron chi connectivity index (χ4n) is 4.30. The molecule has 1 amide bonds. The van der Waals surface area contributed by atoms with Gasteiger partial charge in [0.1, 0.15) is 11.1 Å². The number of amides is 1. The SMILES string of the molecule is CN(O)C(=O)C1(c2nc(-c3ccc(S(N)(=O)=O)cc3)c(-c3ccc(Cl)cc3)o2)CCCCC1. The highest BCUT2D eigenvalue weighted by atomic mass is 35.5. The molecule has 2 aromatic carbocycles. The predicted octanol–water partition coefficient (Wildman–Crippen LogP) is 4.36. The molecule has 0 aliphatic heterocycles. The van der Waals surface area contributed by atoms with Crippen LogP contribution >= 0.6 is 11.6 Å². The van der Waals surface area contributed by atoms with Gasteiger partial charge >= 0.3 is 0 Å². The Morgan fingerprint density at radius 2 is 1.64 bits per heavy atom. The van der Waals surface area contributed by atoms with Crippen LogP contribution in [-0.2, 0) is 20.2 Å². The zero-order chi connectivity index (χ0) is 23.8. The number of carbonyl (C=O) groups is 1. The molecule has 0 bridgehead atoms. The normalized spacial score (nSPS) is 15.9. The number of hydroxylamine groups is 2. The van der Waals surface area contributed by atoms with Gasteiger partial charge in [0.05, 0.1) is 4.90 Å². The van der Waals surface area contributed by atoms with Crippen molar-refractivity contribution >= 4 is 27.5 Å². The summed E-state index contributed by atoms with van der Waals surface area (Å²) < 4.78 is 29.6. The van der Waals surface area contributed by atoms with E-state index < -0.39 is 21.3 Å². The van der Waals surface area contributed by atoms with E-state index in [2.05, 4.69) is 0 Å². The molecular weight excluding hydrogens is 466 g/mol. The summed E-state index contributed by atoms with van der Waals surface area (Å²) >= 11 is 6.05. The Morgan fingerprint density at radius 3 is 2.18 bits per heavy atom. The van der Waals surface area contributed by atoms with Crippen molar-refractivity contribution in [3.8, 4) is 22.6 Å². The van der Waals surface area contributed by atoms with Crippen LogP contribution in [0.25, 0.3) is 22.6 Å². The number of carbonyl (C=O) groups excluding carboxylic acids is 1. The average Bonchev–Trinajstić information content (AvgIpc) is 3.25. The highest BCUT2D eigenvalue weighted by Gasteiger charge is 2.47. The molecule has 8 nitrogen and oxygen atoms in total. The second-order valence-corrected chi connectivity index (χ2v) is 10.2. The number of hydrogen-bond donors (Lipinski definition) is 2. The molecule has 0 spiro atoms. The quantitative estimate of drug-likeness (QED) is 0.405. The smallest absolute Gasteiger partial charge is 0.261 e. The summed E-state index contributed by atoms with van der Waals surface area (Å²) in [5.41, 5.74) is 0.658. The zero-order valence-corrected chi connectivity index (χ0v) is 19.6. The van der Waals surface area contributed by atoms with Crippen LogP contribution in [0.4, 0.5) is 0 Å². The summed E-state index contributed by atoms with van der Waals surface area (Å²) in [6.45, 7) is 0. The van der Waals surface area contributed by atoms with Crippen LogP contribution in [-0.4, -0.2) is 36.6 Å². The first-order valence-electron chi connectivity index (χ1n) is 10.5. The maximum absolute atomic E-state index is 13.1. The van der Waals surface area contributed by atoms with Gasteiger partial charge in [0, 0.05) is 23.2 Å². The van der Waals surface area contributed by atoms with Crippen molar-refractivity contribution in [2.24, 2.45) is 5.14 Å². The first kappa shape index (κ1) is 23.4. The highest BCUT2D eigenvalue weighted by molar-refractivity contribution is 7.89. The Morgan fingerprint density at radius 1 is 1.06 bits per heavy atom. The summed E-state index contributed by atoms with van der Waals surface area (Å²) in [5, 5.41) is 16.3. The van der Waals surface area contributed by atoms with Crippen molar-refractivity contribution < 1.29 is 22.8 Å². The van der Waals surface area contributed by atoms with Gasteiger partial charge in [0.25, 0.3) is 5.91 Å². The number of rotatable bonds is 5. The van der Waals surface area contributed by atoms with Gasteiger partial charge < -0.3 is 4.42 Å². The van der Waals surface area contributed by atoms with Gasteiger partial charge in [-0.2, -0.15) is 0 Å². The molecule has 10 heteroatoms. The summed E-state index contributed by atoms with van der Waals surface area (Å²) in [5.74, 6) is 0.175.